The first-order valence-corrected chi connectivity index (χ1v) is 18.9. The van der Waals surface area contributed by atoms with Gasteiger partial charge in [-0.25, -0.2) is 15.0 Å². The summed E-state index contributed by atoms with van der Waals surface area (Å²) >= 11 is 7.92. The number of allylic oxidation sites excluding steroid dienone is 1. The minimum absolute atomic E-state index is 0.127. The van der Waals surface area contributed by atoms with Crippen LogP contribution in [-0.2, 0) is 16.9 Å². The van der Waals surface area contributed by atoms with Gasteiger partial charge in [-0.3, -0.25) is 14.5 Å². The number of carbonyl (C=O) groups excluding carboxylic acids is 1. The van der Waals surface area contributed by atoms with E-state index in [-0.39, 0.29) is 32.9 Å². The number of nitriles is 2. The molecule has 0 spiro atoms. The Morgan fingerprint density at radius 3 is 2.38 bits per heavy atom. The molecule has 12 nitrogen and oxygen atoms in total. The number of aromatic nitrogens is 3. The normalized spacial score (nSPS) is 16.0. The first kappa shape index (κ1) is 31.9. The Hall–Kier alpha value is -4.66. The Balaban J connectivity index is 1.29. The molecule has 1 fully saturated rings. The Kier molecular flexibility index (Phi) is 7.84. The standard InChI is InChI=1S/C30H17N9O3S6/c1-7-38-25(40)13(43-28(38)21(33-5)34-6)9-14-35-22-18(44-14)15-17(45-22)19-16(42-30(15,3)4)20-23(46-19)36-29(47-20)37-24-26(41)39(8-2)27(48-24)12(10-31)11-32/h9H,7-8H2,1-4H3/b13-9-,37-24?. The van der Waals surface area contributed by atoms with E-state index in [2.05, 4.69) is 14.7 Å². The summed E-state index contributed by atoms with van der Waals surface area (Å²) in [7, 11) is 0. The molecule has 0 saturated carbocycles. The number of hydrogen-bond acceptors (Lipinski definition) is 14. The Labute approximate surface area is 295 Å². The summed E-state index contributed by atoms with van der Waals surface area (Å²) in [4.78, 5) is 51.7. The van der Waals surface area contributed by atoms with Crippen LogP contribution in [-0.4, -0.2) is 36.9 Å². The monoisotopic (exact) mass is 743 g/mol. The first-order valence-electron chi connectivity index (χ1n) is 14.0. The van der Waals surface area contributed by atoms with Gasteiger partial charge in [0.25, 0.3) is 11.5 Å². The number of amides is 1. The molecule has 1 amide bonds. The Morgan fingerprint density at radius 1 is 1.00 bits per heavy atom. The molecule has 48 heavy (non-hydrogen) atoms. The lowest BCUT2D eigenvalue weighted by atomic mass is 9.95. The predicted molar refractivity (Wildman–Crippen MR) is 192 cm³/mol. The molecule has 7 rings (SSSR count). The van der Waals surface area contributed by atoms with E-state index in [1.54, 1.807) is 31.3 Å². The van der Waals surface area contributed by atoms with Crippen LogP contribution in [0.4, 0.5) is 5.13 Å². The number of thioether (sulfide) groups is 1. The van der Waals surface area contributed by atoms with Crippen LogP contribution < -0.4 is 19.5 Å². The molecule has 5 aromatic heterocycles. The lowest BCUT2D eigenvalue weighted by Gasteiger charge is -2.31. The molecule has 0 radical (unpaired) electrons. The highest BCUT2D eigenvalue weighted by Gasteiger charge is 2.41. The van der Waals surface area contributed by atoms with Crippen LogP contribution >= 0.6 is 68.4 Å². The minimum atomic E-state index is -0.724. The van der Waals surface area contributed by atoms with Gasteiger partial charge in [0.2, 0.25) is 5.13 Å². The second-order valence-electron chi connectivity index (χ2n) is 10.5. The van der Waals surface area contributed by atoms with Crippen molar-refractivity contribution in [3.63, 3.8) is 0 Å². The summed E-state index contributed by atoms with van der Waals surface area (Å²) in [5.41, 5.74) is -0.106. The molecule has 5 aromatic rings. The topological polar surface area (TPSA) is 146 Å². The SMILES string of the molecule is [C-]#[N+]C([N+]#[C-])=c1s/c(=C\c2nc3sc4c(c3s2)C(C)(C)Oc2c-4sc3nc(N=C4SC(=C(C#N)C#N)N(CC)C4=O)sc23)c(=O)n1CC. The summed E-state index contributed by atoms with van der Waals surface area (Å²) in [5, 5.41) is 20.1. The van der Waals surface area contributed by atoms with Gasteiger partial charge in [0.05, 0.1) is 19.0 Å². The number of thiazole rings is 3. The molecule has 0 atom stereocenters. The van der Waals surface area contributed by atoms with Crippen LogP contribution in [0.15, 0.2) is 20.4 Å². The number of carbonyl (C=O) groups is 1. The largest absolute Gasteiger partial charge is 0.553 e. The minimum Gasteiger partial charge on any atom is -0.480 e. The van der Waals surface area contributed by atoms with Gasteiger partial charge in [0.15, 0.2) is 21.0 Å². The molecular weight excluding hydrogens is 727 g/mol. The Bertz CT molecular complexity index is 2650. The van der Waals surface area contributed by atoms with Gasteiger partial charge in [-0.05, 0) is 45.5 Å². The smallest absolute Gasteiger partial charge is 0.480 e. The first-order chi connectivity index (χ1) is 23.1. The molecule has 7 heterocycles. The van der Waals surface area contributed by atoms with Gasteiger partial charge in [-0.15, -0.1) is 45.3 Å². The van der Waals surface area contributed by atoms with E-state index in [0.29, 0.717) is 38.2 Å². The van der Waals surface area contributed by atoms with E-state index in [1.807, 2.05) is 26.0 Å². The summed E-state index contributed by atoms with van der Waals surface area (Å²) in [6.07, 6.45) is 1.72. The van der Waals surface area contributed by atoms with Crippen molar-refractivity contribution in [2.45, 2.75) is 39.8 Å². The van der Waals surface area contributed by atoms with Crippen molar-refractivity contribution in [1.82, 2.24) is 19.4 Å². The van der Waals surface area contributed by atoms with Gasteiger partial charge in [-0.2, -0.15) is 20.2 Å². The molecule has 0 aromatic carbocycles. The number of thiophene rings is 2. The van der Waals surface area contributed by atoms with Crippen LogP contribution in [0, 0.1) is 35.8 Å². The van der Waals surface area contributed by atoms with Crippen LogP contribution in [0.1, 0.15) is 38.3 Å². The lowest BCUT2D eigenvalue weighted by Crippen LogP contribution is -2.31. The highest BCUT2D eigenvalue weighted by molar-refractivity contribution is 8.19. The summed E-state index contributed by atoms with van der Waals surface area (Å²) in [6, 6.07) is 3.70. The van der Waals surface area contributed by atoms with Crippen molar-refractivity contribution in [3.8, 4) is 27.6 Å². The zero-order valence-electron chi connectivity index (χ0n) is 25.2. The number of ether oxygens (including phenoxy) is 1. The molecular formula is C30H17N9O3S6. The molecule has 0 unspecified atom stereocenters. The third-order valence-corrected chi connectivity index (χ3v) is 14.1. The highest BCUT2D eigenvalue weighted by atomic mass is 32.2. The molecule has 0 aliphatic carbocycles. The van der Waals surface area contributed by atoms with Gasteiger partial charge in [0, 0.05) is 18.7 Å². The van der Waals surface area contributed by atoms with Gasteiger partial charge < -0.3 is 9.30 Å². The van der Waals surface area contributed by atoms with E-state index >= 15 is 0 Å². The Morgan fingerprint density at radius 2 is 1.71 bits per heavy atom. The number of nitrogens with zero attached hydrogens (tertiary/aromatic N) is 9. The summed E-state index contributed by atoms with van der Waals surface area (Å²) in [6.45, 7) is 22.9. The van der Waals surface area contributed by atoms with Crippen molar-refractivity contribution in [2.75, 3.05) is 6.54 Å². The zero-order chi connectivity index (χ0) is 34.1. The lowest BCUT2D eigenvalue weighted by molar-refractivity contribution is -0.121. The van der Waals surface area contributed by atoms with Crippen LogP contribution in [0.3, 0.4) is 0 Å². The van der Waals surface area contributed by atoms with E-state index in [4.69, 9.17) is 27.8 Å². The third kappa shape index (κ3) is 4.80. The fraction of sp³-hybridized carbons (Fsp3) is 0.233. The molecule has 1 saturated heterocycles. The molecule has 236 valence electrons. The molecule has 2 aliphatic heterocycles. The van der Waals surface area contributed by atoms with Crippen LogP contribution in [0.25, 0.3) is 50.4 Å². The fourth-order valence-electron chi connectivity index (χ4n) is 5.27. The van der Waals surface area contributed by atoms with Crippen LogP contribution in [0.2, 0.25) is 0 Å². The maximum absolute atomic E-state index is 13.1. The molecule has 18 heteroatoms. The quantitative estimate of drug-likeness (QED) is 0.157. The van der Waals surface area contributed by atoms with Crippen molar-refractivity contribution >= 4 is 115 Å². The maximum Gasteiger partial charge on any atom is 0.553 e. The van der Waals surface area contributed by atoms with Crippen molar-refractivity contribution < 1.29 is 9.53 Å². The second kappa shape index (κ2) is 11.8. The van der Waals surface area contributed by atoms with E-state index < -0.39 is 5.60 Å². The fourth-order valence-corrected chi connectivity index (χ4v) is 12.6. The van der Waals surface area contributed by atoms with Gasteiger partial charge in [-0.1, -0.05) is 11.3 Å². The summed E-state index contributed by atoms with van der Waals surface area (Å²) in [5.74, 6) is 0.196. The van der Waals surface area contributed by atoms with E-state index in [0.717, 1.165) is 57.5 Å². The maximum atomic E-state index is 13.1. The molecule has 0 bridgehead atoms. The number of fused-ring (bicyclic) bond motifs is 7. The number of aliphatic imine (C=N–C) groups is 1. The summed E-state index contributed by atoms with van der Waals surface area (Å²) < 4.78 is 10.6. The molecule has 2 aliphatic rings. The van der Waals surface area contributed by atoms with Crippen molar-refractivity contribution in [3.05, 3.63) is 63.6 Å². The van der Waals surface area contributed by atoms with E-state index in [1.165, 1.54) is 43.5 Å². The zero-order valence-corrected chi connectivity index (χ0v) is 30.1. The average molecular weight is 744 g/mol. The van der Waals surface area contributed by atoms with Crippen molar-refractivity contribution in [1.29, 1.82) is 10.5 Å². The van der Waals surface area contributed by atoms with E-state index in [9.17, 15) is 20.1 Å². The third-order valence-electron chi connectivity index (χ3n) is 7.33. The van der Waals surface area contributed by atoms with Crippen LogP contribution in [0.5, 0.6) is 5.75 Å². The molecule has 0 N–H and O–H groups in total. The average Bonchev–Trinajstić information content (AvgIpc) is 3.88. The number of hydrogen-bond donors (Lipinski definition) is 0. The second-order valence-corrected chi connectivity index (χ2v) is 16.5. The highest BCUT2D eigenvalue weighted by Crippen LogP contribution is 2.59. The van der Waals surface area contributed by atoms with Gasteiger partial charge >= 0.3 is 5.82 Å². The van der Waals surface area contributed by atoms with Crippen molar-refractivity contribution in [2.24, 2.45) is 4.99 Å². The predicted octanol–water partition coefficient (Wildman–Crippen LogP) is 6.18. The number of rotatable bonds is 4. The van der Waals surface area contributed by atoms with Gasteiger partial charge in [0.1, 0.15) is 55.3 Å².